The van der Waals surface area contributed by atoms with Gasteiger partial charge in [-0.1, -0.05) is 143 Å². The van der Waals surface area contributed by atoms with E-state index in [-0.39, 0.29) is 0 Å². The molecule has 0 amide bonds. The predicted molar refractivity (Wildman–Crippen MR) is 388 cm³/mol. The highest BCUT2D eigenvalue weighted by Gasteiger charge is 2.30. The zero-order valence-corrected chi connectivity index (χ0v) is 47.9. The second-order valence-corrected chi connectivity index (χ2v) is 22.5. The van der Waals surface area contributed by atoms with Gasteiger partial charge in [-0.25, -0.2) is 9.97 Å². The van der Waals surface area contributed by atoms with Gasteiger partial charge in [-0.05, 0) is 68.7 Å². The zero-order valence-electron chi connectivity index (χ0n) is 47.9. The van der Waals surface area contributed by atoms with Crippen LogP contribution in [0.4, 0.5) is 0 Å². The topological polar surface area (TPSA) is 43.9 Å². The fraction of sp³-hybridized carbons (Fsp3) is 0. The second kappa shape index (κ2) is 18.0. The van der Waals surface area contributed by atoms with E-state index in [1.165, 1.54) is 153 Å². The van der Waals surface area contributed by atoms with Crippen LogP contribution in [0.3, 0.4) is 0 Å². The minimum atomic E-state index is 0.837. The molecule has 3 aromatic heterocycles. The lowest BCUT2D eigenvalue weighted by atomic mass is 9.58. The van der Waals surface area contributed by atoms with Gasteiger partial charge in [-0.15, -0.1) is 16.4 Å². The number of rotatable bonds is 5. The van der Waals surface area contributed by atoms with Crippen molar-refractivity contribution in [3.8, 4) is 50.5 Å². The molecule has 9 aromatic carbocycles. The molecule has 0 saturated carbocycles. The van der Waals surface area contributed by atoms with Crippen molar-refractivity contribution >= 4 is 305 Å². The van der Waals surface area contributed by atoms with E-state index < -0.39 is 0 Å². The van der Waals surface area contributed by atoms with Crippen LogP contribution < -0.4 is 98.3 Å². The summed E-state index contributed by atoms with van der Waals surface area (Å²) < 4.78 is 9.54. The molecule has 342 valence electrons. The van der Waals surface area contributed by atoms with E-state index in [0.29, 0.717) is 0 Å². The Labute approximate surface area is 462 Å². The maximum Gasteiger partial charge on any atom is 0.142 e. The molecular formula is C54H51B18N3O. The molecule has 12 aromatic rings. The van der Waals surface area contributed by atoms with Crippen LogP contribution in [0.25, 0.3) is 116 Å². The largest absolute Gasteiger partial charge is 0.456 e. The molecule has 0 radical (unpaired) electrons. The summed E-state index contributed by atoms with van der Waals surface area (Å²) >= 11 is 0. The third kappa shape index (κ3) is 6.90. The van der Waals surface area contributed by atoms with Gasteiger partial charge in [0.2, 0.25) is 0 Å². The Morgan fingerprint density at radius 3 is 1.36 bits per heavy atom. The van der Waals surface area contributed by atoms with Crippen LogP contribution in [0, 0.1) is 0 Å². The summed E-state index contributed by atoms with van der Waals surface area (Å²) in [6.45, 7) is 0. The Morgan fingerprint density at radius 2 is 0.763 bits per heavy atom. The average Bonchev–Trinajstić information content (AvgIpc) is 4.19. The highest BCUT2D eigenvalue weighted by molar-refractivity contribution is 6.74. The number of aromatic nitrogens is 3. The molecule has 0 aliphatic carbocycles. The zero-order chi connectivity index (χ0) is 53.8. The molecule has 0 saturated heterocycles. The van der Waals surface area contributed by atoms with E-state index in [2.05, 4.69) is 225 Å². The fourth-order valence-electron chi connectivity index (χ4n) is 14.0. The monoisotopic (exact) mass is 956 g/mol. The van der Waals surface area contributed by atoms with Crippen molar-refractivity contribution in [1.82, 2.24) is 14.5 Å². The van der Waals surface area contributed by atoms with E-state index in [0.717, 1.165) is 61.1 Å². The first-order chi connectivity index (χ1) is 36.3. The van der Waals surface area contributed by atoms with E-state index in [9.17, 15) is 0 Å². The standard InChI is InChI=1S/C54H51B18N3O/c55-32-26-29(38(61)44(67)43(66)37(26)60)42(65)52-30(32)31-41(64)45(68)46(69)49(72)53(31)75(52)54-47(70)39(62)28(40(63)48(54)71)27-35(58)33(56)24(34(57)36(27)59)17-14-19(25-18-10-4-7-13-22(18)76-23(25)15-17)51-50(16-8-2-1-3-9-16)73-20-11-5-6-12-21(20)74-51/h1-15H,55-72H2. The number of para-hydroxylation sites is 3. The van der Waals surface area contributed by atoms with Gasteiger partial charge in [-0.2, -0.15) is 0 Å². The summed E-state index contributed by atoms with van der Waals surface area (Å²) in [4.78, 5) is 10.8. The summed E-state index contributed by atoms with van der Waals surface area (Å²) in [7, 11) is 42.3. The average molecular weight is 953 g/mol. The minimum Gasteiger partial charge on any atom is -0.456 e. The van der Waals surface area contributed by atoms with Crippen molar-refractivity contribution in [3.05, 3.63) is 91.0 Å². The molecule has 0 spiro atoms. The Balaban J connectivity index is 1.12. The van der Waals surface area contributed by atoms with Crippen molar-refractivity contribution in [1.29, 1.82) is 0 Å². The van der Waals surface area contributed by atoms with Crippen LogP contribution in [0.15, 0.2) is 95.4 Å². The molecule has 22 heteroatoms. The lowest BCUT2D eigenvalue weighted by Gasteiger charge is -2.29. The van der Waals surface area contributed by atoms with Crippen LogP contribution >= 0.6 is 0 Å². The Hall–Kier alpha value is -6.65. The summed E-state index contributed by atoms with van der Waals surface area (Å²) in [5, 5.41) is 7.73. The van der Waals surface area contributed by atoms with E-state index >= 15 is 0 Å². The van der Waals surface area contributed by atoms with Crippen molar-refractivity contribution < 1.29 is 4.42 Å². The van der Waals surface area contributed by atoms with Crippen molar-refractivity contribution in [2.75, 3.05) is 0 Å². The van der Waals surface area contributed by atoms with E-state index in [4.69, 9.17) is 14.4 Å². The normalized spacial score (nSPS) is 11.8. The first-order valence-electron chi connectivity index (χ1n) is 27.2. The smallest absolute Gasteiger partial charge is 0.142 e. The number of hydrogen-bond donors (Lipinski definition) is 0. The summed E-state index contributed by atoms with van der Waals surface area (Å²) in [6.07, 6.45) is 0. The molecule has 0 unspecified atom stereocenters. The van der Waals surface area contributed by atoms with Gasteiger partial charge in [0, 0.05) is 44.0 Å². The number of furan rings is 1. The molecule has 0 aliphatic rings. The lowest BCUT2D eigenvalue weighted by molar-refractivity contribution is 0.669. The molecule has 12 rings (SSSR count). The van der Waals surface area contributed by atoms with Gasteiger partial charge in [0.25, 0.3) is 0 Å². The van der Waals surface area contributed by atoms with Crippen LogP contribution in [-0.4, -0.2) is 156 Å². The predicted octanol–water partition coefficient (Wildman–Crippen LogP) is -16.9. The number of hydrogen-bond acceptors (Lipinski definition) is 3. The third-order valence-corrected chi connectivity index (χ3v) is 19.1. The van der Waals surface area contributed by atoms with E-state index in [1.807, 2.05) is 12.1 Å². The lowest BCUT2D eigenvalue weighted by Crippen LogP contribution is -2.51. The Kier molecular flexibility index (Phi) is 11.9. The first-order valence-corrected chi connectivity index (χ1v) is 27.2. The maximum atomic E-state index is 6.83. The quantitative estimate of drug-likeness (QED) is 0.162. The number of nitrogens with zero attached hydrogens (tertiary/aromatic N) is 3. The molecule has 76 heavy (non-hydrogen) atoms. The Morgan fingerprint density at radius 1 is 0.316 bits per heavy atom. The summed E-state index contributed by atoms with van der Waals surface area (Å²) in [5.41, 5.74) is 40.4. The second-order valence-electron chi connectivity index (χ2n) is 22.5. The molecule has 0 bridgehead atoms. The maximum absolute atomic E-state index is 6.83. The van der Waals surface area contributed by atoms with Gasteiger partial charge in [0.15, 0.2) is 0 Å². The molecule has 3 heterocycles. The van der Waals surface area contributed by atoms with Crippen LogP contribution in [0.1, 0.15) is 0 Å². The van der Waals surface area contributed by atoms with E-state index in [1.54, 1.807) is 0 Å². The first kappa shape index (κ1) is 50.2. The van der Waals surface area contributed by atoms with Gasteiger partial charge in [0.05, 0.1) is 22.4 Å². The fourth-order valence-corrected chi connectivity index (χ4v) is 14.0. The SMILES string of the molecule is Bc1c(B)c(-c2c(B)c(B)c(-n3c4c(B)c(B)c(B)c(B)c4c4c(B)c5c(B)c(B)c(B)c(B)c5c(B)c43)c(B)c2B)c(B)c(B)c1-c1cc(-c2nc3ccccc3nc2-c2ccccc2)c2c(c1)oc1ccccc12. The Bertz CT molecular complexity index is 4570. The molecule has 4 nitrogen and oxygen atoms in total. The van der Waals surface area contributed by atoms with Gasteiger partial charge < -0.3 is 8.98 Å². The highest BCUT2D eigenvalue weighted by atomic mass is 16.3. The van der Waals surface area contributed by atoms with Gasteiger partial charge in [-0.3, -0.25) is 0 Å². The van der Waals surface area contributed by atoms with Gasteiger partial charge in [0.1, 0.15) is 152 Å². The van der Waals surface area contributed by atoms with Gasteiger partial charge >= 0.3 is 0 Å². The molecule has 0 aliphatic heterocycles. The number of fused-ring (bicyclic) bond motifs is 8. The van der Waals surface area contributed by atoms with Crippen LogP contribution in [-0.2, 0) is 0 Å². The molecular weight excluding hydrogens is 901 g/mol. The van der Waals surface area contributed by atoms with Crippen molar-refractivity contribution in [2.45, 2.75) is 0 Å². The molecule has 0 atom stereocenters. The summed E-state index contributed by atoms with van der Waals surface area (Å²) in [5.74, 6) is 0. The third-order valence-electron chi connectivity index (χ3n) is 19.1. The van der Waals surface area contributed by atoms with Crippen molar-refractivity contribution in [2.24, 2.45) is 0 Å². The highest BCUT2D eigenvalue weighted by Crippen LogP contribution is 2.42. The summed E-state index contributed by atoms with van der Waals surface area (Å²) in [6, 6.07) is 31.7. The van der Waals surface area contributed by atoms with Crippen LogP contribution in [0.2, 0.25) is 0 Å². The molecule has 0 fully saturated rings. The number of benzene rings is 9. The minimum absolute atomic E-state index is 0.837. The van der Waals surface area contributed by atoms with Crippen LogP contribution in [0.5, 0.6) is 0 Å². The molecule has 0 N–H and O–H groups in total. The van der Waals surface area contributed by atoms with Crippen molar-refractivity contribution in [3.63, 3.8) is 0 Å².